The van der Waals surface area contributed by atoms with Crippen molar-refractivity contribution in [1.82, 2.24) is 0 Å². The van der Waals surface area contributed by atoms with Gasteiger partial charge in [-0.2, -0.15) is 0 Å². The first kappa shape index (κ1) is 18.5. The average Bonchev–Trinajstić information content (AvgIpc) is 2.53. The zero-order valence-electron chi connectivity index (χ0n) is 14.2. The summed E-state index contributed by atoms with van der Waals surface area (Å²) in [7, 11) is 0. The number of rotatable bonds is 10. The van der Waals surface area contributed by atoms with Gasteiger partial charge in [0.25, 0.3) is 0 Å². The summed E-state index contributed by atoms with van der Waals surface area (Å²) in [6.45, 7) is 5.21. The van der Waals surface area contributed by atoms with Crippen LogP contribution < -0.4 is 0 Å². The smallest absolute Gasteiger partial charge is 0.157 e. The van der Waals surface area contributed by atoms with E-state index < -0.39 is 0 Å². The molecule has 1 fully saturated rings. The van der Waals surface area contributed by atoms with Gasteiger partial charge in [0.2, 0.25) is 0 Å². The molecule has 1 saturated heterocycles. The van der Waals surface area contributed by atoms with Gasteiger partial charge in [0.15, 0.2) is 6.29 Å². The maximum Gasteiger partial charge on any atom is 0.157 e. The second-order valence-corrected chi connectivity index (χ2v) is 5.98. The fourth-order valence-electron chi connectivity index (χ4n) is 2.73. The molecule has 21 heavy (non-hydrogen) atoms. The molecule has 0 aliphatic carbocycles. The summed E-state index contributed by atoms with van der Waals surface area (Å²) < 4.78 is 11.7. The van der Waals surface area contributed by atoms with Crippen molar-refractivity contribution in [2.45, 2.75) is 103 Å². The molecule has 0 radical (unpaired) electrons. The second kappa shape index (κ2) is 13.2. The molecule has 0 amide bonds. The average molecular weight is 294 g/mol. The van der Waals surface area contributed by atoms with Gasteiger partial charge in [-0.25, -0.2) is 0 Å². The van der Waals surface area contributed by atoms with E-state index in [4.69, 9.17) is 9.47 Å². The van der Waals surface area contributed by atoms with Crippen LogP contribution in [0.2, 0.25) is 0 Å². The Bertz CT molecular complexity index is 284. The number of unbranched alkanes of at least 4 members (excludes halogenated alkanes) is 5. The summed E-state index contributed by atoms with van der Waals surface area (Å²) in [5, 5.41) is 0. The van der Waals surface area contributed by atoms with Gasteiger partial charge < -0.3 is 9.47 Å². The van der Waals surface area contributed by atoms with E-state index >= 15 is 0 Å². The SMILES string of the molecule is CCC#CCCCCCCCC(CC)OC1CCCCO1. The third kappa shape index (κ3) is 9.93. The quantitative estimate of drug-likeness (QED) is 0.394. The van der Waals surface area contributed by atoms with E-state index in [1.807, 2.05) is 0 Å². The van der Waals surface area contributed by atoms with E-state index in [0.717, 1.165) is 32.3 Å². The number of ether oxygens (including phenoxy) is 2. The van der Waals surface area contributed by atoms with Crippen molar-refractivity contribution in [3.05, 3.63) is 0 Å². The Morgan fingerprint density at radius 1 is 1.05 bits per heavy atom. The minimum absolute atomic E-state index is 0.0702. The highest BCUT2D eigenvalue weighted by atomic mass is 16.7. The lowest BCUT2D eigenvalue weighted by molar-refractivity contribution is -0.189. The Morgan fingerprint density at radius 2 is 1.86 bits per heavy atom. The van der Waals surface area contributed by atoms with E-state index in [9.17, 15) is 0 Å². The molecular formula is C19H34O2. The van der Waals surface area contributed by atoms with Gasteiger partial charge in [-0.05, 0) is 38.5 Å². The Balaban J connectivity index is 1.96. The fraction of sp³-hybridized carbons (Fsp3) is 0.895. The summed E-state index contributed by atoms with van der Waals surface area (Å²) >= 11 is 0. The van der Waals surface area contributed by atoms with Crippen molar-refractivity contribution in [2.24, 2.45) is 0 Å². The lowest BCUT2D eigenvalue weighted by Crippen LogP contribution is -2.27. The van der Waals surface area contributed by atoms with Gasteiger partial charge >= 0.3 is 0 Å². The minimum atomic E-state index is 0.0702. The highest BCUT2D eigenvalue weighted by Gasteiger charge is 2.18. The normalized spacial score (nSPS) is 19.8. The molecule has 0 aromatic carbocycles. The van der Waals surface area contributed by atoms with Gasteiger partial charge in [-0.3, -0.25) is 0 Å². The molecule has 0 saturated carbocycles. The van der Waals surface area contributed by atoms with Crippen LogP contribution >= 0.6 is 0 Å². The van der Waals surface area contributed by atoms with Crippen molar-refractivity contribution < 1.29 is 9.47 Å². The number of hydrogen-bond donors (Lipinski definition) is 0. The summed E-state index contributed by atoms with van der Waals surface area (Å²) in [4.78, 5) is 0. The predicted molar refractivity (Wildman–Crippen MR) is 89.1 cm³/mol. The molecule has 1 heterocycles. The van der Waals surface area contributed by atoms with Crippen molar-refractivity contribution >= 4 is 0 Å². The largest absolute Gasteiger partial charge is 0.353 e. The van der Waals surface area contributed by atoms with E-state index in [0.29, 0.717) is 6.10 Å². The van der Waals surface area contributed by atoms with Crippen molar-refractivity contribution in [2.75, 3.05) is 6.61 Å². The Hall–Kier alpha value is -0.520. The maximum absolute atomic E-state index is 6.07. The fourth-order valence-corrected chi connectivity index (χ4v) is 2.73. The molecule has 1 rings (SSSR count). The van der Waals surface area contributed by atoms with Crippen LogP contribution in [0.5, 0.6) is 0 Å². The first-order chi connectivity index (χ1) is 10.4. The molecule has 2 unspecified atom stereocenters. The molecule has 0 N–H and O–H groups in total. The third-order valence-corrected chi connectivity index (χ3v) is 4.07. The molecule has 2 nitrogen and oxygen atoms in total. The summed E-state index contributed by atoms with van der Waals surface area (Å²) in [6, 6.07) is 0. The van der Waals surface area contributed by atoms with Gasteiger partial charge in [0.05, 0.1) is 6.10 Å². The molecule has 0 bridgehead atoms. The maximum atomic E-state index is 6.07. The van der Waals surface area contributed by atoms with Crippen LogP contribution in [0.3, 0.4) is 0 Å². The Labute approximate surface area is 132 Å². The van der Waals surface area contributed by atoms with E-state index in [2.05, 4.69) is 25.7 Å². The standard InChI is InChI=1S/C19H34O2/c1-3-5-6-7-8-9-10-11-12-15-18(4-2)21-19-16-13-14-17-20-19/h18-19H,3-4,7-17H2,1-2H3. The zero-order valence-corrected chi connectivity index (χ0v) is 14.2. The Kier molecular flexibility index (Phi) is 11.6. The van der Waals surface area contributed by atoms with E-state index in [1.54, 1.807) is 0 Å². The molecule has 1 aliphatic rings. The van der Waals surface area contributed by atoms with E-state index in [-0.39, 0.29) is 6.29 Å². The van der Waals surface area contributed by atoms with Gasteiger partial charge in [0.1, 0.15) is 0 Å². The van der Waals surface area contributed by atoms with Crippen molar-refractivity contribution in [3.8, 4) is 11.8 Å². The van der Waals surface area contributed by atoms with Crippen LogP contribution in [0.1, 0.15) is 90.9 Å². The van der Waals surface area contributed by atoms with E-state index in [1.165, 1.54) is 51.4 Å². The molecule has 1 aliphatic heterocycles. The molecule has 0 aromatic heterocycles. The summed E-state index contributed by atoms with van der Waals surface area (Å²) in [5.41, 5.74) is 0. The molecular weight excluding hydrogens is 260 g/mol. The van der Waals surface area contributed by atoms with Crippen LogP contribution in [0, 0.1) is 11.8 Å². The van der Waals surface area contributed by atoms with Crippen LogP contribution in [0.15, 0.2) is 0 Å². The lowest BCUT2D eigenvalue weighted by atomic mass is 10.1. The van der Waals surface area contributed by atoms with Gasteiger partial charge in [0, 0.05) is 19.4 Å². The number of hydrogen-bond acceptors (Lipinski definition) is 2. The highest BCUT2D eigenvalue weighted by molar-refractivity contribution is 4.97. The van der Waals surface area contributed by atoms with Gasteiger partial charge in [-0.1, -0.05) is 39.5 Å². The topological polar surface area (TPSA) is 18.5 Å². The van der Waals surface area contributed by atoms with Crippen molar-refractivity contribution in [3.63, 3.8) is 0 Å². The molecule has 0 aromatic rings. The summed E-state index contributed by atoms with van der Waals surface area (Å²) in [6.07, 6.45) is 14.9. The third-order valence-electron chi connectivity index (χ3n) is 4.07. The second-order valence-electron chi connectivity index (χ2n) is 5.98. The molecule has 0 spiro atoms. The highest BCUT2D eigenvalue weighted by Crippen LogP contribution is 2.19. The molecule has 2 heteroatoms. The van der Waals surface area contributed by atoms with Crippen LogP contribution in [0.25, 0.3) is 0 Å². The van der Waals surface area contributed by atoms with Crippen LogP contribution in [-0.2, 0) is 9.47 Å². The lowest BCUT2D eigenvalue weighted by Gasteiger charge is -2.27. The van der Waals surface area contributed by atoms with Crippen molar-refractivity contribution in [1.29, 1.82) is 0 Å². The molecule has 2 atom stereocenters. The zero-order chi connectivity index (χ0) is 15.2. The first-order valence-corrected chi connectivity index (χ1v) is 9.09. The minimum Gasteiger partial charge on any atom is -0.353 e. The Morgan fingerprint density at radius 3 is 2.57 bits per heavy atom. The van der Waals surface area contributed by atoms with Gasteiger partial charge in [-0.15, -0.1) is 11.8 Å². The predicted octanol–water partition coefficient (Wildman–Crippen LogP) is 5.45. The van der Waals surface area contributed by atoms with Crippen LogP contribution in [0.4, 0.5) is 0 Å². The molecule has 122 valence electrons. The first-order valence-electron chi connectivity index (χ1n) is 9.09. The monoisotopic (exact) mass is 294 g/mol. The van der Waals surface area contributed by atoms with Crippen LogP contribution in [-0.4, -0.2) is 19.0 Å². The summed E-state index contributed by atoms with van der Waals surface area (Å²) in [5.74, 6) is 6.35.